The van der Waals surface area contributed by atoms with Crippen LogP contribution in [0.15, 0.2) is 17.5 Å². The molecule has 0 radical (unpaired) electrons. The molecule has 0 bridgehead atoms. The topological polar surface area (TPSA) is 3.24 Å². The molecule has 0 amide bonds. The lowest BCUT2D eigenvalue weighted by atomic mass is 9.97. The summed E-state index contributed by atoms with van der Waals surface area (Å²) in [5.41, 5.74) is 0. The van der Waals surface area contributed by atoms with Gasteiger partial charge < -0.3 is 4.90 Å². The van der Waals surface area contributed by atoms with E-state index in [9.17, 15) is 0 Å². The molecule has 1 aliphatic carbocycles. The van der Waals surface area contributed by atoms with E-state index in [-0.39, 0.29) is 0 Å². The maximum Gasteiger partial charge on any atom is 0.00988 e. The van der Waals surface area contributed by atoms with E-state index in [1.807, 2.05) is 11.3 Å². The van der Waals surface area contributed by atoms with Crippen LogP contribution >= 0.6 is 11.3 Å². The third-order valence-corrected chi connectivity index (χ3v) is 5.18. The molecule has 3 rings (SSSR count). The number of hydrogen-bond donors (Lipinski definition) is 0. The van der Waals surface area contributed by atoms with E-state index in [0.29, 0.717) is 0 Å². The fourth-order valence-electron chi connectivity index (χ4n) is 3.02. The van der Waals surface area contributed by atoms with Crippen LogP contribution in [0.1, 0.15) is 43.4 Å². The third-order valence-electron chi connectivity index (χ3n) is 4.24. The highest BCUT2D eigenvalue weighted by molar-refractivity contribution is 7.09. The number of piperidine rings is 1. The van der Waals surface area contributed by atoms with Gasteiger partial charge in [0, 0.05) is 17.5 Å². The average molecular weight is 249 g/mol. The maximum absolute atomic E-state index is 2.80. The van der Waals surface area contributed by atoms with Crippen LogP contribution in [0.25, 0.3) is 0 Å². The highest BCUT2D eigenvalue weighted by Crippen LogP contribution is 2.32. The first-order chi connectivity index (χ1) is 8.42. The summed E-state index contributed by atoms with van der Waals surface area (Å²) in [6, 6.07) is 5.35. The van der Waals surface area contributed by atoms with Crippen molar-refractivity contribution in [1.82, 2.24) is 4.90 Å². The molecule has 1 nitrogen and oxygen atoms in total. The smallest absolute Gasteiger partial charge is 0.00988 e. The van der Waals surface area contributed by atoms with Crippen molar-refractivity contribution >= 4 is 11.3 Å². The van der Waals surface area contributed by atoms with Crippen LogP contribution < -0.4 is 0 Å². The summed E-state index contributed by atoms with van der Waals surface area (Å²) in [6.45, 7) is 2.76. The van der Waals surface area contributed by atoms with Gasteiger partial charge in [-0.2, -0.15) is 0 Å². The number of rotatable bonds is 5. The predicted octanol–water partition coefficient (Wildman–Crippen LogP) is 3.95. The van der Waals surface area contributed by atoms with Crippen LogP contribution in [0.5, 0.6) is 0 Å². The Balaban J connectivity index is 1.51. The Bertz CT molecular complexity index is 329. The van der Waals surface area contributed by atoms with E-state index < -0.39 is 0 Å². The summed E-state index contributed by atoms with van der Waals surface area (Å²) < 4.78 is 0. The highest BCUT2D eigenvalue weighted by atomic mass is 32.1. The van der Waals surface area contributed by atoms with Gasteiger partial charge in [0.15, 0.2) is 0 Å². The van der Waals surface area contributed by atoms with E-state index in [0.717, 1.165) is 12.0 Å². The first kappa shape index (κ1) is 11.7. The van der Waals surface area contributed by atoms with Crippen LogP contribution in [-0.2, 0) is 6.42 Å². The van der Waals surface area contributed by atoms with E-state index in [1.54, 1.807) is 4.88 Å². The van der Waals surface area contributed by atoms with Gasteiger partial charge in [-0.25, -0.2) is 0 Å². The molecular weight excluding hydrogens is 226 g/mol. The molecule has 1 saturated heterocycles. The summed E-state index contributed by atoms with van der Waals surface area (Å²) in [4.78, 5) is 4.37. The minimum absolute atomic E-state index is 0.881. The Morgan fingerprint density at radius 2 is 2.18 bits per heavy atom. The van der Waals surface area contributed by atoms with Crippen molar-refractivity contribution in [2.24, 2.45) is 5.92 Å². The van der Waals surface area contributed by atoms with Crippen molar-refractivity contribution in [2.45, 2.75) is 51.0 Å². The lowest BCUT2D eigenvalue weighted by Gasteiger charge is -2.36. The molecular formula is C15H23NS. The quantitative estimate of drug-likeness (QED) is 0.764. The molecule has 2 heteroatoms. The summed E-state index contributed by atoms with van der Waals surface area (Å²) in [7, 11) is 0. The van der Waals surface area contributed by atoms with Crippen molar-refractivity contribution in [2.75, 3.05) is 13.1 Å². The van der Waals surface area contributed by atoms with Gasteiger partial charge in [0.2, 0.25) is 0 Å². The Labute approximate surface area is 109 Å². The minimum Gasteiger partial charge on any atom is -0.300 e. The summed E-state index contributed by atoms with van der Waals surface area (Å²) >= 11 is 1.92. The Kier molecular flexibility index (Phi) is 3.82. The van der Waals surface area contributed by atoms with Crippen molar-refractivity contribution in [3.05, 3.63) is 22.4 Å². The molecule has 0 aromatic carbocycles. The van der Waals surface area contributed by atoms with Gasteiger partial charge in [-0.1, -0.05) is 12.5 Å². The molecule has 1 aromatic rings. The van der Waals surface area contributed by atoms with Crippen LogP contribution in [0.3, 0.4) is 0 Å². The van der Waals surface area contributed by atoms with Crippen LogP contribution in [0.2, 0.25) is 0 Å². The fraction of sp³-hybridized carbons (Fsp3) is 0.733. The van der Waals surface area contributed by atoms with Gasteiger partial charge in [0.1, 0.15) is 0 Å². The summed E-state index contributed by atoms with van der Waals surface area (Å²) in [6.07, 6.45) is 10.00. The number of aryl methyl sites for hydroxylation is 1. The molecule has 2 aliphatic rings. The summed E-state index contributed by atoms with van der Waals surface area (Å²) in [5.74, 6) is 1.05. The van der Waals surface area contributed by atoms with Gasteiger partial charge >= 0.3 is 0 Å². The zero-order chi connectivity index (χ0) is 11.5. The second-order valence-corrected chi connectivity index (χ2v) is 6.74. The molecule has 1 aliphatic heterocycles. The van der Waals surface area contributed by atoms with E-state index in [1.165, 1.54) is 58.0 Å². The van der Waals surface area contributed by atoms with Crippen LogP contribution in [0.4, 0.5) is 0 Å². The summed E-state index contributed by atoms with van der Waals surface area (Å²) in [5, 5.41) is 2.21. The van der Waals surface area contributed by atoms with Gasteiger partial charge in [-0.05, 0) is 62.4 Å². The predicted molar refractivity (Wildman–Crippen MR) is 74.6 cm³/mol. The first-order valence-electron chi connectivity index (χ1n) is 7.18. The van der Waals surface area contributed by atoms with Crippen molar-refractivity contribution in [3.8, 4) is 0 Å². The first-order valence-corrected chi connectivity index (χ1v) is 8.06. The Hall–Kier alpha value is -0.340. The van der Waals surface area contributed by atoms with Crippen molar-refractivity contribution < 1.29 is 0 Å². The monoisotopic (exact) mass is 249 g/mol. The third kappa shape index (κ3) is 3.32. The molecule has 2 heterocycles. The molecule has 17 heavy (non-hydrogen) atoms. The van der Waals surface area contributed by atoms with Crippen LogP contribution in [0, 0.1) is 5.92 Å². The van der Waals surface area contributed by atoms with Crippen molar-refractivity contribution in [3.63, 3.8) is 0 Å². The van der Waals surface area contributed by atoms with Gasteiger partial charge in [0.25, 0.3) is 0 Å². The average Bonchev–Trinajstić information content (AvgIpc) is 3.02. The highest BCUT2D eigenvalue weighted by Gasteiger charge is 2.29. The van der Waals surface area contributed by atoms with Gasteiger partial charge in [-0.15, -0.1) is 11.3 Å². The Morgan fingerprint density at radius 3 is 2.94 bits per heavy atom. The van der Waals surface area contributed by atoms with E-state index in [2.05, 4.69) is 22.4 Å². The van der Waals surface area contributed by atoms with Crippen LogP contribution in [-0.4, -0.2) is 24.0 Å². The SMILES string of the molecule is c1csc(CCC2CCCCN2CC2CC2)c1. The lowest BCUT2D eigenvalue weighted by Crippen LogP contribution is -2.40. The fourth-order valence-corrected chi connectivity index (χ4v) is 3.75. The second kappa shape index (κ2) is 5.53. The lowest BCUT2D eigenvalue weighted by molar-refractivity contribution is 0.134. The number of likely N-dealkylation sites (tertiary alicyclic amines) is 1. The largest absolute Gasteiger partial charge is 0.300 e. The molecule has 1 atom stereocenters. The standard InChI is InChI=1S/C15H23NS/c1-2-10-16(12-13-6-7-13)14(4-1)8-9-15-5-3-11-17-15/h3,5,11,13-14H,1-2,4,6-10,12H2. The molecule has 2 fully saturated rings. The van der Waals surface area contributed by atoms with Crippen molar-refractivity contribution in [1.29, 1.82) is 0 Å². The number of thiophene rings is 1. The minimum atomic E-state index is 0.881. The Morgan fingerprint density at radius 1 is 1.24 bits per heavy atom. The second-order valence-electron chi connectivity index (χ2n) is 5.71. The molecule has 0 N–H and O–H groups in total. The number of nitrogens with zero attached hydrogens (tertiary/aromatic N) is 1. The molecule has 1 aromatic heterocycles. The zero-order valence-electron chi connectivity index (χ0n) is 10.6. The van der Waals surface area contributed by atoms with Gasteiger partial charge in [0.05, 0.1) is 0 Å². The van der Waals surface area contributed by atoms with Gasteiger partial charge in [-0.3, -0.25) is 0 Å². The molecule has 1 unspecified atom stereocenters. The molecule has 1 saturated carbocycles. The maximum atomic E-state index is 2.80. The molecule has 0 spiro atoms. The number of hydrogen-bond acceptors (Lipinski definition) is 2. The van der Waals surface area contributed by atoms with E-state index in [4.69, 9.17) is 0 Å². The normalized spacial score (nSPS) is 26.2. The molecule has 94 valence electrons. The van der Waals surface area contributed by atoms with E-state index >= 15 is 0 Å². The zero-order valence-corrected chi connectivity index (χ0v) is 11.4.